The lowest BCUT2D eigenvalue weighted by molar-refractivity contribution is -0.339. The van der Waals surface area contributed by atoms with Gasteiger partial charge in [0.25, 0.3) is 0 Å². The van der Waals surface area contributed by atoms with E-state index in [0.29, 0.717) is 11.1 Å². The Labute approximate surface area is 210 Å². The molecule has 5 N–H and O–H groups in total. The van der Waals surface area contributed by atoms with Crippen LogP contribution in [-0.4, -0.2) is 93.8 Å². The SMILES string of the molecule is O=C(C=Cc1ccc(O)cc1)OCC1=C[C@@H]2OC(=O)C3=CO[C@@H](O[C@@H]4O[C@H](CO)[C@@H](O)[C@H](O)[C@H]4O)[C@H]1[C@@H]32. The maximum absolute atomic E-state index is 12.3. The molecule has 0 bridgehead atoms. The number of ether oxygens (including phenoxy) is 5. The van der Waals surface area contributed by atoms with Gasteiger partial charge in [0.1, 0.15) is 42.9 Å². The van der Waals surface area contributed by atoms with E-state index >= 15 is 0 Å². The first-order valence-corrected chi connectivity index (χ1v) is 11.6. The lowest BCUT2D eigenvalue weighted by atomic mass is 9.84. The van der Waals surface area contributed by atoms with Gasteiger partial charge in [-0.25, -0.2) is 9.59 Å². The van der Waals surface area contributed by atoms with Gasteiger partial charge in [-0.15, -0.1) is 0 Å². The zero-order valence-electron chi connectivity index (χ0n) is 19.3. The van der Waals surface area contributed by atoms with Crippen molar-refractivity contribution in [2.45, 2.75) is 43.1 Å². The third-order valence-corrected chi connectivity index (χ3v) is 6.81. The Morgan fingerprint density at radius 1 is 1.03 bits per heavy atom. The van der Waals surface area contributed by atoms with Crippen molar-refractivity contribution in [2.24, 2.45) is 11.8 Å². The molecule has 3 aliphatic heterocycles. The van der Waals surface area contributed by atoms with Crippen LogP contribution in [0.2, 0.25) is 0 Å². The summed E-state index contributed by atoms with van der Waals surface area (Å²) < 4.78 is 27.6. The highest BCUT2D eigenvalue weighted by Crippen LogP contribution is 2.49. The van der Waals surface area contributed by atoms with Crippen molar-refractivity contribution in [3.8, 4) is 5.75 Å². The largest absolute Gasteiger partial charge is 0.508 e. The van der Waals surface area contributed by atoms with Crippen molar-refractivity contribution in [3.63, 3.8) is 0 Å². The number of hydrogen-bond donors (Lipinski definition) is 5. The van der Waals surface area contributed by atoms with Gasteiger partial charge in [-0.3, -0.25) is 0 Å². The van der Waals surface area contributed by atoms with E-state index in [0.717, 1.165) is 0 Å². The van der Waals surface area contributed by atoms with Crippen LogP contribution in [0.25, 0.3) is 6.08 Å². The predicted molar refractivity (Wildman–Crippen MR) is 121 cm³/mol. The molecular formula is C25H26O12. The van der Waals surface area contributed by atoms with Crippen LogP contribution in [0.3, 0.4) is 0 Å². The van der Waals surface area contributed by atoms with E-state index in [2.05, 4.69) is 0 Å². The van der Waals surface area contributed by atoms with Crippen molar-refractivity contribution in [2.75, 3.05) is 13.2 Å². The lowest BCUT2D eigenvalue weighted by Crippen LogP contribution is -2.60. The molecule has 9 atom stereocenters. The summed E-state index contributed by atoms with van der Waals surface area (Å²) in [6, 6.07) is 6.22. The molecule has 1 aliphatic carbocycles. The number of phenols is 1. The standard InChI is InChI=1S/C25H26O12/c26-8-16-20(29)21(30)22(31)25(36-16)37-24-18-12(7-15-19(18)14(10-34-24)23(32)35-15)9-33-17(28)6-3-11-1-4-13(27)5-2-11/h1-7,10,15-16,18-22,24-27,29-31H,8-9H2/t15-,16+,18+,19-,20+,21-,22+,24-,25-/m0/s1. The fourth-order valence-electron chi connectivity index (χ4n) is 4.89. The van der Waals surface area contributed by atoms with Gasteiger partial charge in [0.15, 0.2) is 6.29 Å². The molecular weight excluding hydrogens is 492 g/mol. The number of phenolic OH excluding ortho intramolecular Hbond substituents is 1. The third-order valence-electron chi connectivity index (χ3n) is 6.81. The van der Waals surface area contributed by atoms with Crippen LogP contribution >= 0.6 is 0 Å². The van der Waals surface area contributed by atoms with Crippen LogP contribution < -0.4 is 0 Å². The summed E-state index contributed by atoms with van der Waals surface area (Å²) in [5.41, 5.74) is 1.52. The minimum absolute atomic E-state index is 0.0998. The van der Waals surface area contributed by atoms with Crippen molar-refractivity contribution >= 4 is 18.0 Å². The molecule has 12 heteroatoms. The zero-order valence-corrected chi connectivity index (χ0v) is 19.3. The number of benzene rings is 1. The van der Waals surface area contributed by atoms with E-state index < -0.39 is 73.5 Å². The first-order valence-electron chi connectivity index (χ1n) is 11.6. The average Bonchev–Trinajstić information content (AvgIpc) is 3.41. The van der Waals surface area contributed by atoms with Crippen LogP contribution in [0.1, 0.15) is 5.56 Å². The number of carbonyl (C=O) groups is 2. The molecule has 0 unspecified atom stereocenters. The fourth-order valence-corrected chi connectivity index (χ4v) is 4.89. The number of hydrogen-bond acceptors (Lipinski definition) is 12. The molecule has 1 aromatic carbocycles. The molecule has 0 saturated carbocycles. The van der Waals surface area contributed by atoms with E-state index in [1.165, 1.54) is 30.5 Å². The molecule has 12 nitrogen and oxygen atoms in total. The second-order valence-electron chi connectivity index (χ2n) is 9.11. The molecule has 1 aromatic rings. The van der Waals surface area contributed by atoms with Crippen LogP contribution in [0.5, 0.6) is 5.75 Å². The highest BCUT2D eigenvalue weighted by molar-refractivity contribution is 5.92. The van der Waals surface area contributed by atoms with Crippen molar-refractivity contribution in [1.29, 1.82) is 0 Å². The van der Waals surface area contributed by atoms with Gasteiger partial charge >= 0.3 is 11.9 Å². The smallest absolute Gasteiger partial charge is 0.338 e. The van der Waals surface area contributed by atoms with Gasteiger partial charge in [0.05, 0.1) is 24.4 Å². The van der Waals surface area contributed by atoms with E-state index in [-0.39, 0.29) is 17.9 Å². The van der Waals surface area contributed by atoms with Gasteiger partial charge in [-0.2, -0.15) is 0 Å². The number of carbonyl (C=O) groups excluding carboxylic acids is 2. The molecule has 0 amide bonds. The predicted octanol–water partition coefficient (Wildman–Crippen LogP) is -0.897. The minimum Gasteiger partial charge on any atom is -0.508 e. The summed E-state index contributed by atoms with van der Waals surface area (Å²) in [5.74, 6) is -2.23. The quantitative estimate of drug-likeness (QED) is 0.171. The summed E-state index contributed by atoms with van der Waals surface area (Å²) in [6.45, 7) is -0.797. The highest BCUT2D eigenvalue weighted by atomic mass is 16.8. The molecule has 37 heavy (non-hydrogen) atoms. The van der Waals surface area contributed by atoms with Gasteiger partial charge in [0.2, 0.25) is 6.29 Å². The number of aliphatic hydroxyl groups excluding tert-OH is 4. The summed E-state index contributed by atoms with van der Waals surface area (Å²) in [4.78, 5) is 24.5. The van der Waals surface area contributed by atoms with Crippen molar-refractivity contribution in [3.05, 3.63) is 59.4 Å². The summed E-state index contributed by atoms with van der Waals surface area (Å²) in [5, 5.41) is 49.2. The van der Waals surface area contributed by atoms with E-state index in [4.69, 9.17) is 23.7 Å². The van der Waals surface area contributed by atoms with Crippen LogP contribution in [-0.2, 0) is 33.3 Å². The van der Waals surface area contributed by atoms with E-state index in [9.17, 15) is 35.1 Å². The maximum atomic E-state index is 12.3. The molecule has 0 spiro atoms. The Kier molecular flexibility index (Phi) is 7.03. The number of rotatable bonds is 7. The highest BCUT2D eigenvalue weighted by Gasteiger charge is 2.56. The summed E-state index contributed by atoms with van der Waals surface area (Å²) in [6.07, 6.45) is -3.64. The molecule has 0 aromatic heterocycles. The Balaban J connectivity index is 1.29. The van der Waals surface area contributed by atoms with E-state index in [1.54, 1.807) is 18.2 Å². The molecule has 2 fully saturated rings. The maximum Gasteiger partial charge on any atom is 0.338 e. The van der Waals surface area contributed by atoms with Crippen LogP contribution in [0.4, 0.5) is 0 Å². The Morgan fingerprint density at radius 2 is 1.78 bits per heavy atom. The molecule has 198 valence electrons. The van der Waals surface area contributed by atoms with Gasteiger partial charge < -0.3 is 49.2 Å². The second kappa shape index (κ2) is 10.2. The van der Waals surface area contributed by atoms with Crippen LogP contribution in [0.15, 0.2) is 53.8 Å². The topological polar surface area (TPSA) is 181 Å². The fraction of sp³-hybridized carbons (Fsp3) is 0.440. The van der Waals surface area contributed by atoms with Crippen LogP contribution in [0, 0.1) is 11.8 Å². The number of aromatic hydroxyl groups is 1. The summed E-state index contributed by atoms with van der Waals surface area (Å²) in [7, 11) is 0. The Hall–Kier alpha value is -3.26. The van der Waals surface area contributed by atoms with Gasteiger partial charge in [-0.05, 0) is 35.4 Å². The second-order valence-corrected chi connectivity index (χ2v) is 9.11. The lowest BCUT2D eigenvalue weighted by Gasteiger charge is -2.42. The number of aliphatic hydroxyl groups is 4. The number of esters is 2. The minimum atomic E-state index is -1.65. The first kappa shape index (κ1) is 25.4. The van der Waals surface area contributed by atoms with Gasteiger partial charge in [0, 0.05) is 12.0 Å². The van der Waals surface area contributed by atoms with Crippen molar-refractivity contribution < 1.29 is 58.8 Å². The Morgan fingerprint density at radius 3 is 2.51 bits per heavy atom. The molecule has 3 heterocycles. The zero-order chi connectivity index (χ0) is 26.3. The first-order chi connectivity index (χ1) is 17.8. The average molecular weight is 518 g/mol. The molecule has 4 aliphatic rings. The normalized spacial score (nSPS) is 36.4. The van der Waals surface area contributed by atoms with Crippen molar-refractivity contribution in [1.82, 2.24) is 0 Å². The monoisotopic (exact) mass is 518 g/mol. The third kappa shape index (κ3) is 4.87. The summed E-state index contributed by atoms with van der Waals surface area (Å²) >= 11 is 0. The van der Waals surface area contributed by atoms with E-state index in [1.807, 2.05) is 0 Å². The van der Waals surface area contributed by atoms with Gasteiger partial charge in [-0.1, -0.05) is 12.1 Å². The Bertz CT molecular complexity index is 1120. The molecule has 0 radical (unpaired) electrons. The molecule has 5 rings (SSSR count). The molecule has 2 saturated heterocycles.